The van der Waals surface area contributed by atoms with Gasteiger partial charge in [0.05, 0.1) is 0 Å². The Labute approximate surface area is 106 Å². The molecule has 0 aliphatic heterocycles. The summed E-state index contributed by atoms with van der Waals surface area (Å²) in [4.78, 5) is 12.7. The van der Waals surface area contributed by atoms with Crippen molar-refractivity contribution in [1.29, 1.82) is 0 Å². The maximum Gasteiger partial charge on any atom is 0.320 e. The predicted molar refractivity (Wildman–Crippen MR) is 67.8 cm³/mol. The molecule has 5 heteroatoms. The van der Waals surface area contributed by atoms with Crippen LogP contribution in [-0.4, -0.2) is 36.1 Å². The Morgan fingerprint density at radius 3 is 2.56 bits per heavy atom. The average Bonchev–Trinajstić information content (AvgIpc) is 2.29. The summed E-state index contributed by atoms with van der Waals surface area (Å²) < 4.78 is 13.2. The van der Waals surface area contributed by atoms with Crippen LogP contribution in [0.3, 0.4) is 0 Å². The first-order valence-corrected chi connectivity index (χ1v) is 5.73. The van der Waals surface area contributed by atoms with E-state index in [0.717, 1.165) is 5.56 Å². The van der Waals surface area contributed by atoms with Crippen molar-refractivity contribution in [2.45, 2.75) is 25.4 Å². The highest BCUT2D eigenvalue weighted by Crippen LogP contribution is 2.24. The summed E-state index contributed by atoms with van der Waals surface area (Å²) in [5, 5.41) is 8.85. The Hall–Kier alpha value is -1.46. The minimum Gasteiger partial charge on any atom is -0.480 e. The highest BCUT2D eigenvalue weighted by atomic mass is 19.1. The second-order valence-corrected chi connectivity index (χ2v) is 4.67. The van der Waals surface area contributed by atoms with Gasteiger partial charge in [0.15, 0.2) is 0 Å². The number of aryl methyl sites for hydroxylation is 1. The molecule has 0 radical (unpaired) electrons. The van der Waals surface area contributed by atoms with Crippen molar-refractivity contribution in [3.63, 3.8) is 0 Å². The summed E-state index contributed by atoms with van der Waals surface area (Å²) in [5.41, 5.74) is 6.98. The van der Waals surface area contributed by atoms with Crippen LogP contribution in [0, 0.1) is 12.7 Å². The maximum atomic E-state index is 13.2. The Balaban J connectivity index is 2.97. The smallest absolute Gasteiger partial charge is 0.320 e. The van der Waals surface area contributed by atoms with Crippen LogP contribution in [0.15, 0.2) is 18.2 Å². The van der Waals surface area contributed by atoms with Crippen molar-refractivity contribution in [2.75, 3.05) is 14.1 Å². The minimum absolute atomic E-state index is 0.143. The first-order chi connectivity index (χ1) is 8.32. The normalized spacial score (nSPS) is 14.6. The average molecular weight is 254 g/mol. The zero-order chi connectivity index (χ0) is 13.9. The number of carboxylic acid groups (broad SMARTS) is 1. The van der Waals surface area contributed by atoms with Gasteiger partial charge in [-0.25, -0.2) is 4.39 Å². The number of halogens is 1. The number of nitrogens with zero attached hydrogens (tertiary/aromatic N) is 1. The van der Waals surface area contributed by atoms with Crippen LogP contribution >= 0.6 is 0 Å². The number of nitrogens with two attached hydrogens (primary N) is 1. The maximum absolute atomic E-state index is 13.2. The van der Waals surface area contributed by atoms with Crippen molar-refractivity contribution >= 4 is 5.97 Å². The van der Waals surface area contributed by atoms with E-state index >= 15 is 0 Å². The molecule has 2 unspecified atom stereocenters. The van der Waals surface area contributed by atoms with Gasteiger partial charge in [-0.3, -0.25) is 4.79 Å². The molecule has 18 heavy (non-hydrogen) atoms. The van der Waals surface area contributed by atoms with Crippen molar-refractivity contribution in [3.8, 4) is 0 Å². The predicted octanol–water partition coefficient (Wildman–Crippen LogP) is 1.54. The summed E-state index contributed by atoms with van der Waals surface area (Å²) in [6.07, 6.45) is 0.285. The molecule has 1 aromatic rings. The molecule has 0 fully saturated rings. The van der Waals surface area contributed by atoms with Crippen molar-refractivity contribution in [3.05, 3.63) is 35.1 Å². The molecule has 3 N–H and O–H groups in total. The number of hydrogen-bond acceptors (Lipinski definition) is 3. The molecule has 0 aliphatic carbocycles. The van der Waals surface area contributed by atoms with E-state index < -0.39 is 12.0 Å². The molecule has 4 nitrogen and oxygen atoms in total. The van der Waals surface area contributed by atoms with Gasteiger partial charge >= 0.3 is 5.97 Å². The lowest BCUT2D eigenvalue weighted by molar-refractivity contribution is -0.139. The van der Waals surface area contributed by atoms with Crippen molar-refractivity contribution in [2.24, 2.45) is 5.73 Å². The Morgan fingerprint density at radius 2 is 2.11 bits per heavy atom. The van der Waals surface area contributed by atoms with Crippen LogP contribution in [-0.2, 0) is 4.79 Å². The van der Waals surface area contributed by atoms with E-state index in [1.807, 2.05) is 19.0 Å². The van der Waals surface area contributed by atoms with Gasteiger partial charge in [0, 0.05) is 6.04 Å². The van der Waals surface area contributed by atoms with E-state index in [4.69, 9.17) is 10.8 Å². The SMILES string of the molecule is Cc1cc(C(CC(N)C(=O)O)N(C)C)ccc1F. The van der Waals surface area contributed by atoms with E-state index in [-0.39, 0.29) is 18.3 Å². The molecular weight excluding hydrogens is 235 g/mol. The van der Waals surface area contributed by atoms with Gasteiger partial charge in [-0.15, -0.1) is 0 Å². The lowest BCUT2D eigenvalue weighted by atomic mass is 9.97. The molecule has 0 saturated heterocycles. The topological polar surface area (TPSA) is 66.6 Å². The van der Waals surface area contributed by atoms with Crippen LogP contribution in [0.5, 0.6) is 0 Å². The summed E-state index contributed by atoms with van der Waals surface area (Å²) >= 11 is 0. The molecule has 1 rings (SSSR count). The Bertz CT molecular complexity index is 435. The van der Waals surface area contributed by atoms with Gasteiger partial charge in [-0.2, -0.15) is 0 Å². The summed E-state index contributed by atoms with van der Waals surface area (Å²) in [7, 11) is 3.69. The van der Waals surface area contributed by atoms with Crippen molar-refractivity contribution < 1.29 is 14.3 Å². The Morgan fingerprint density at radius 1 is 1.50 bits per heavy atom. The third-order valence-corrected chi connectivity index (χ3v) is 2.98. The number of aliphatic carboxylic acids is 1. The van der Waals surface area contributed by atoms with Gasteiger partial charge in [-0.05, 0) is 44.6 Å². The summed E-state index contributed by atoms with van der Waals surface area (Å²) in [6.45, 7) is 1.68. The standard InChI is InChI=1S/C13H19FN2O2/c1-8-6-9(4-5-10(8)14)12(16(2)3)7-11(15)13(17)18/h4-6,11-12H,7,15H2,1-3H3,(H,17,18). The molecule has 0 saturated carbocycles. The summed E-state index contributed by atoms with van der Waals surface area (Å²) in [6, 6.07) is 3.72. The quantitative estimate of drug-likeness (QED) is 0.836. The highest BCUT2D eigenvalue weighted by molar-refractivity contribution is 5.73. The van der Waals surface area contributed by atoms with Gasteiger partial charge in [0.2, 0.25) is 0 Å². The van der Waals surface area contributed by atoms with Crippen LogP contribution in [0.1, 0.15) is 23.6 Å². The molecule has 0 bridgehead atoms. The lowest BCUT2D eigenvalue weighted by Crippen LogP contribution is -2.35. The lowest BCUT2D eigenvalue weighted by Gasteiger charge is -2.26. The number of rotatable bonds is 5. The van der Waals surface area contributed by atoms with E-state index in [0.29, 0.717) is 5.56 Å². The first kappa shape index (κ1) is 14.6. The Kier molecular flexibility index (Phi) is 4.81. The third-order valence-electron chi connectivity index (χ3n) is 2.98. The number of benzene rings is 1. The second kappa shape index (κ2) is 5.93. The van der Waals surface area contributed by atoms with E-state index in [9.17, 15) is 9.18 Å². The van der Waals surface area contributed by atoms with E-state index in [1.54, 1.807) is 19.1 Å². The number of carboxylic acids is 1. The van der Waals surface area contributed by atoms with Gasteiger partial charge in [-0.1, -0.05) is 12.1 Å². The molecule has 0 spiro atoms. The van der Waals surface area contributed by atoms with Gasteiger partial charge < -0.3 is 15.7 Å². The molecule has 0 aromatic heterocycles. The molecule has 0 aliphatic rings. The van der Waals surface area contributed by atoms with Crippen LogP contribution in [0.4, 0.5) is 4.39 Å². The monoisotopic (exact) mass is 254 g/mol. The molecule has 100 valence electrons. The number of carbonyl (C=O) groups is 1. The zero-order valence-corrected chi connectivity index (χ0v) is 10.9. The fourth-order valence-electron chi connectivity index (χ4n) is 1.86. The first-order valence-electron chi connectivity index (χ1n) is 5.73. The fraction of sp³-hybridized carbons (Fsp3) is 0.462. The zero-order valence-electron chi connectivity index (χ0n) is 10.9. The second-order valence-electron chi connectivity index (χ2n) is 4.67. The van der Waals surface area contributed by atoms with E-state index in [1.165, 1.54) is 6.07 Å². The van der Waals surface area contributed by atoms with Gasteiger partial charge in [0.1, 0.15) is 11.9 Å². The molecule has 2 atom stereocenters. The highest BCUT2D eigenvalue weighted by Gasteiger charge is 2.22. The fourth-order valence-corrected chi connectivity index (χ4v) is 1.86. The molecule has 0 heterocycles. The molecular formula is C13H19FN2O2. The van der Waals surface area contributed by atoms with Crippen molar-refractivity contribution in [1.82, 2.24) is 4.90 Å². The van der Waals surface area contributed by atoms with E-state index in [2.05, 4.69) is 0 Å². The molecule has 0 amide bonds. The molecule has 1 aromatic carbocycles. The third kappa shape index (κ3) is 3.51. The largest absolute Gasteiger partial charge is 0.480 e. The minimum atomic E-state index is -1.03. The van der Waals surface area contributed by atoms with Crippen LogP contribution in [0.2, 0.25) is 0 Å². The summed E-state index contributed by atoms with van der Waals surface area (Å²) in [5.74, 6) is -1.29. The van der Waals surface area contributed by atoms with Crippen LogP contribution < -0.4 is 5.73 Å². The number of hydrogen-bond donors (Lipinski definition) is 2. The van der Waals surface area contributed by atoms with Gasteiger partial charge in [0.25, 0.3) is 0 Å². The van der Waals surface area contributed by atoms with Crippen LogP contribution in [0.25, 0.3) is 0 Å².